The van der Waals surface area contributed by atoms with E-state index in [0.29, 0.717) is 11.4 Å². The van der Waals surface area contributed by atoms with Crippen molar-refractivity contribution >= 4 is 5.84 Å². The molecule has 0 atom stereocenters. The number of amidine groups is 1. The van der Waals surface area contributed by atoms with E-state index in [1.54, 1.807) is 26.4 Å². The van der Waals surface area contributed by atoms with E-state index in [1.807, 2.05) is 0 Å². The SMILES string of the molecule is CN=C(NN)c1ccn(C)c(=O)c1. The molecule has 0 saturated heterocycles. The molecule has 0 aliphatic heterocycles. The van der Waals surface area contributed by atoms with E-state index in [1.165, 1.54) is 10.6 Å². The lowest BCUT2D eigenvalue weighted by Gasteiger charge is -2.04. The van der Waals surface area contributed by atoms with Crippen molar-refractivity contribution in [3.63, 3.8) is 0 Å². The van der Waals surface area contributed by atoms with Crippen LogP contribution in [0, 0.1) is 0 Å². The highest BCUT2D eigenvalue weighted by Gasteiger charge is 2.00. The third-order valence-corrected chi connectivity index (χ3v) is 1.74. The van der Waals surface area contributed by atoms with Gasteiger partial charge in [0, 0.05) is 31.9 Å². The van der Waals surface area contributed by atoms with Gasteiger partial charge in [0.05, 0.1) is 0 Å². The number of hydrazine groups is 1. The first-order valence-corrected chi connectivity index (χ1v) is 3.79. The van der Waals surface area contributed by atoms with Gasteiger partial charge in [-0.15, -0.1) is 0 Å². The van der Waals surface area contributed by atoms with Gasteiger partial charge in [-0.2, -0.15) is 0 Å². The topological polar surface area (TPSA) is 72.4 Å². The quantitative estimate of drug-likeness (QED) is 0.258. The Morgan fingerprint density at radius 2 is 2.38 bits per heavy atom. The van der Waals surface area contributed by atoms with Crippen LogP contribution in [-0.2, 0) is 7.05 Å². The molecule has 0 bridgehead atoms. The zero-order chi connectivity index (χ0) is 9.84. The Bertz CT molecular complexity index is 380. The number of aliphatic imine (C=N–C) groups is 1. The lowest BCUT2D eigenvalue weighted by molar-refractivity contribution is 0.857. The van der Waals surface area contributed by atoms with Gasteiger partial charge in [0.1, 0.15) is 5.84 Å². The molecule has 13 heavy (non-hydrogen) atoms. The van der Waals surface area contributed by atoms with E-state index in [-0.39, 0.29) is 5.56 Å². The summed E-state index contributed by atoms with van der Waals surface area (Å²) in [5.74, 6) is 5.71. The highest BCUT2D eigenvalue weighted by Crippen LogP contribution is 1.93. The largest absolute Gasteiger partial charge is 0.319 e. The third-order valence-electron chi connectivity index (χ3n) is 1.74. The summed E-state index contributed by atoms with van der Waals surface area (Å²) in [7, 11) is 3.29. The molecule has 1 rings (SSSR count). The second-order valence-electron chi connectivity index (χ2n) is 2.58. The van der Waals surface area contributed by atoms with Crippen LogP contribution in [0.25, 0.3) is 0 Å². The minimum Gasteiger partial charge on any atom is -0.319 e. The van der Waals surface area contributed by atoms with Gasteiger partial charge in [-0.05, 0) is 6.07 Å². The Morgan fingerprint density at radius 3 is 2.85 bits per heavy atom. The summed E-state index contributed by atoms with van der Waals surface area (Å²) in [5.41, 5.74) is 3.02. The maximum atomic E-state index is 11.2. The summed E-state index contributed by atoms with van der Waals surface area (Å²) in [4.78, 5) is 15.1. The van der Waals surface area contributed by atoms with Crippen LogP contribution in [0.15, 0.2) is 28.1 Å². The van der Waals surface area contributed by atoms with Crippen LogP contribution in [0.2, 0.25) is 0 Å². The standard InChI is InChI=1S/C8H12N4O/c1-10-8(11-9)6-3-4-12(2)7(13)5-6/h3-5H,9H2,1-2H3,(H,10,11). The molecule has 0 unspecified atom stereocenters. The van der Waals surface area contributed by atoms with E-state index < -0.39 is 0 Å². The Hall–Kier alpha value is -1.62. The summed E-state index contributed by atoms with van der Waals surface area (Å²) < 4.78 is 1.48. The van der Waals surface area contributed by atoms with Gasteiger partial charge in [-0.1, -0.05) is 0 Å². The monoisotopic (exact) mass is 180 g/mol. The molecular formula is C8H12N4O. The zero-order valence-electron chi connectivity index (χ0n) is 7.61. The van der Waals surface area contributed by atoms with Gasteiger partial charge < -0.3 is 9.99 Å². The number of nitrogens with zero attached hydrogens (tertiary/aromatic N) is 2. The predicted octanol–water partition coefficient (Wildman–Crippen LogP) is -0.775. The highest BCUT2D eigenvalue weighted by atomic mass is 16.1. The zero-order valence-corrected chi connectivity index (χ0v) is 7.61. The third kappa shape index (κ3) is 1.94. The Morgan fingerprint density at radius 1 is 1.69 bits per heavy atom. The van der Waals surface area contributed by atoms with Gasteiger partial charge in [0.15, 0.2) is 0 Å². The Kier molecular flexibility index (Phi) is 2.81. The number of hydrogen-bond acceptors (Lipinski definition) is 3. The molecule has 5 heteroatoms. The van der Waals surface area contributed by atoms with Crippen molar-refractivity contribution in [1.82, 2.24) is 9.99 Å². The maximum Gasteiger partial charge on any atom is 0.250 e. The van der Waals surface area contributed by atoms with Gasteiger partial charge in [-0.3, -0.25) is 9.79 Å². The smallest absolute Gasteiger partial charge is 0.250 e. The molecule has 0 aliphatic rings. The molecular weight excluding hydrogens is 168 g/mol. The number of pyridine rings is 1. The number of aryl methyl sites for hydroxylation is 1. The fourth-order valence-corrected chi connectivity index (χ4v) is 0.973. The van der Waals surface area contributed by atoms with E-state index >= 15 is 0 Å². The molecule has 5 nitrogen and oxygen atoms in total. The number of rotatable bonds is 1. The second-order valence-corrected chi connectivity index (χ2v) is 2.58. The minimum absolute atomic E-state index is 0.0890. The second kappa shape index (κ2) is 3.86. The molecule has 0 spiro atoms. The molecule has 3 N–H and O–H groups in total. The molecule has 1 aromatic rings. The number of nitrogens with two attached hydrogens (primary N) is 1. The summed E-state index contributed by atoms with van der Waals surface area (Å²) in [6.07, 6.45) is 1.67. The summed E-state index contributed by atoms with van der Waals surface area (Å²) in [5, 5.41) is 0. The summed E-state index contributed by atoms with van der Waals surface area (Å²) in [6.45, 7) is 0. The lowest BCUT2D eigenvalue weighted by Crippen LogP contribution is -2.32. The molecule has 0 radical (unpaired) electrons. The van der Waals surface area contributed by atoms with Crippen molar-refractivity contribution in [3.8, 4) is 0 Å². The van der Waals surface area contributed by atoms with Gasteiger partial charge in [-0.25, -0.2) is 5.84 Å². The predicted molar refractivity (Wildman–Crippen MR) is 51.5 cm³/mol. The van der Waals surface area contributed by atoms with Crippen LogP contribution >= 0.6 is 0 Å². The Labute approximate surface area is 75.9 Å². The van der Waals surface area contributed by atoms with Crippen LogP contribution in [0.5, 0.6) is 0 Å². The van der Waals surface area contributed by atoms with Crippen LogP contribution in [0.1, 0.15) is 5.56 Å². The maximum absolute atomic E-state index is 11.2. The van der Waals surface area contributed by atoms with Crippen molar-refractivity contribution in [2.24, 2.45) is 17.9 Å². The van der Waals surface area contributed by atoms with Crippen molar-refractivity contribution < 1.29 is 0 Å². The average molecular weight is 180 g/mol. The first kappa shape index (κ1) is 9.47. The van der Waals surface area contributed by atoms with Crippen LogP contribution < -0.4 is 16.8 Å². The molecule has 1 aromatic heterocycles. The van der Waals surface area contributed by atoms with Crippen molar-refractivity contribution in [2.75, 3.05) is 7.05 Å². The molecule has 0 fully saturated rings. The van der Waals surface area contributed by atoms with Gasteiger partial charge in [0.25, 0.3) is 5.56 Å². The number of hydrogen-bond donors (Lipinski definition) is 2. The molecule has 70 valence electrons. The average Bonchev–Trinajstić information content (AvgIpc) is 2.13. The highest BCUT2D eigenvalue weighted by molar-refractivity contribution is 5.98. The molecule has 0 aliphatic carbocycles. The molecule has 0 amide bonds. The van der Waals surface area contributed by atoms with E-state index in [4.69, 9.17) is 5.84 Å². The minimum atomic E-state index is -0.0890. The normalized spacial score (nSPS) is 11.5. The first-order chi connectivity index (χ1) is 6.19. The van der Waals surface area contributed by atoms with E-state index in [9.17, 15) is 4.79 Å². The fourth-order valence-electron chi connectivity index (χ4n) is 0.973. The first-order valence-electron chi connectivity index (χ1n) is 3.79. The number of nitrogens with one attached hydrogen (secondary N) is 1. The van der Waals surface area contributed by atoms with Crippen LogP contribution in [0.3, 0.4) is 0 Å². The fraction of sp³-hybridized carbons (Fsp3) is 0.250. The van der Waals surface area contributed by atoms with Crippen molar-refractivity contribution in [2.45, 2.75) is 0 Å². The molecule has 0 saturated carbocycles. The van der Waals surface area contributed by atoms with E-state index in [2.05, 4.69) is 10.4 Å². The van der Waals surface area contributed by atoms with Crippen molar-refractivity contribution in [3.05, 3.63) is 34.2 Å². The lowest BCUT2D eigenvalue weighted by atomic mass is 10.2. The Balaban J connectivity index is 3.18. The van der Waals surface area contributed by atoms with Gasteiger partial charge >= 0.3 is 0 Å². The summed E-state index contributed by atoms with van der Waals surface area (Å²) in [6, 6.07) is 3.24. The number of aromatic nitrogens is 1. The molecule has 0 aromatic carbocycles. The van der Waals surface area contributed by atoms with Crippen molar-refractivity contribution in [1.29, 1.82) is 0 Å². The summed E-state index contributed by atoms with van der Waals surface area (Å²) >= 11 is 0. The van der Waals surface area contributed by atoms with E-state index in [0.717, 1.165) is 0 Å². The van der Waals surface area contributed by atoms with Crippen LogP contribution in [0.4, 0.5) is 0 Å². The van der Waals surface area contributed by atoms with Crippen LogP contribution in [-0.4, -0.2) is 17.5 Å². The molecule has 1 heterocycles. The van der Waals surface area contributed by atoms with Gasteiger partial charge in [0.2, 0.25) is 0 Å².